The van der Waals surface area contributed by atoms with Gasteiger partial charge in [-0.2, -0.15) is 0 Å². The molecule has 0 unspecified atom stereocenters. The van der Waals surface area contributed by atoms with Gasteiger partial charge in [-0.05, 0) is 41.5 Å². The number of rotatable bonds is 0. The number of aliphatic hydroxyl groups excluding tert-OH is 6. The molecule has 0 aromatic rings. The highest BCUT2D eigenvalue weighted by Crippen LogP contribution is 1.31. The maximum atomic E-state index is 7.57. The molecule has 0 aliphatic rings. The van der Waals surface area contributed by atoms with Gasteiger partial charge in [0.15, 0.2) is 0 Å². The van der Waals surface area contributed by atoms with Gasteiger partial charge in [-0.15, -0.1) is 0 Å². The van der Waals surface area contributed by atoms with Crippen LogP contribution in [0.5, 0.6) is 0 Å². The van der Waals surface area contributed by atoms with E-state index in [1.165, 1.54) is 0 Å². The zero-order valence-corrected chi connectivity index (χ0v) is 15.6. The topological polar surface area (TPSA) is 301 Å². The molecule has 12 nitrogen and oxygen atoms in total. The molecular formula is C117H462O12-6. The minimum Gasteiger partial charge on any atom is -0.870 e. The fourth-order valence-electron chi connectivity index (χ4n) is 0. The molecule has 0 aromatic carbocycles. The van der Waals surface area contributed by atoms with Gasteiger partial charge in [0.05, 0.1) is 0 Å². The molecule has 0 atom stereocenters. The summed E-state index contributed by atoms with van der Waals surface area (Å²) in [4.78, 5) is 0. The van der Waals surface area contributed by atoms with Gasteiger partial charge < -0.3 is 63.5 Å². The van der Waals surface area contributed by atoms with Crippen LogP contribution in [0.1, 0.15) is 821 Å². The maximum absolute atomic E-state index is 7.57. The predicted molar refractivity (Wildman–Crippen MR) is 795 cm³/mol. The first kappa shape index (κ1) is 15700. The fourth-order valence-corrected chi connectivity index (χ4v) is 0. The van der Waals surface area contributed by atoms with E-state index in [1.54, 1.807) is 41.5 Å². The average molecular weight is 2060 g/mol. The average Bonchev–Trinajstić information content (AvgIpc) is 2.23. The monoisotopic (exact) mass is 2060 g/mol. The summed E-state index contributed by atoms with van der Waals surface area (Å²) in [6, 6.07) is 0. The van der Waals surface area contributed by atoms with E-state index >= 15 is 0 Å². The molecule has 1008 valence electrons. The van der Waals surface area contributed by atoms with Crippen LogP contribution in [0.4, 0.5) is 0 Å². The van der Waals surface area contributed by atoms with Crippen molar-refractivity contribution >= 4 is 0 Å². The lowest BCUT2D eigenvalue weighted by Crippen LogP contribution is -1.57. The number of hydrogen-bond acceptors (Lipinski definition) is 12. The molecule has 0 fully saturated rings. The highest BCUT2D eigenvalue weighted by molar-refractivity contribution is 3.85. The second-order valence-electron chi connectivity index (χ2n) is 1.90. The Balaban J connectivity index is -0.0000000000994. The van der Waals surface area contributed by atoms with Crippen LogP contribution in [0.3, 0.4) is 0 Å². The standard InChI is InChI=1S/6C2H6O.105CH4.6H2O/c6*1-2-3;;;;;;;;;;;;;;;;;;;;;;;;;;;;;;;;;;;;;;;;;;;;;;;;;;;;;;;;;;;;;;;;;;;;;;;;;;;;;;;;;;;;;;;;;;;;;;;;;;;;;;;;;;;;;;;/h6*3H,2H2,1H3;105*1H4;6*1H2/p-6. The Bertz CT molecular complexity index is 73.1. The Labute approximate surface area is 919 Å². The van der Waals surface area contributed by atoms with E-state index in [0.717, 1.165) is 0 Å². The van der Waals surface area contributed by atoms with Crippen LogP contribution in [0.15, 0.2) is 0 Å². The second kappa shape index (κ2) is 67000. The van der Waals surface area contributed by atoms with E-state index in [-0.39, 0.29) is 852 Å². The number of hydrogen-bond donors (Lipinski definition) is 6. The summed E-state index contributed by atoms with van der Waals surface area (Å²) in [5, 5.41) is 45.4. The highest BCUT2D eigenvalue weighted by Gasteiger charge is 1.36. The molecule has 12 N–H and O–H groups in total. The molecule has 0 saturated heterocycles. The van der Waals surface area contributed by atoms with Gasteiger partial charge in [0.2, 0.25) is 0 Å². The highest BCUT2D eigenvalue weighted by atomic mass is 16.3. The lowest BCUT2D eigenvalue weighted by atomic mass is 10.9. The SMILES string of the molecule is C.C.C.C.C.C.C.C.C.C.C.C.C.C.C.C.C.C.C.C.C.C.C.C.C.C.C.C.C.C.C.C.C.C.C.C.C.C.C.C.C.C.C.C.C.C.C.C.C.C.C.C.C.C.C.C.C.C.C.C.C.C.C.C.C.C.C.C.C.C.C.C.C.C.C.C.C.C.C.C.C.C.C.C.C.C.C.C.C.C.C.C.C.C.C.C.C.C.C.C.C.C.C.C.C.CCO.CCO.CCO.CCO.CCO.CCO.[OH-].[OH-].[OH-].[OH-].[OH-].[OH-]. The van der Waals surface area contributed by atoms with Gasteiger partial charge in [0, 0.05) is 39.6 Å². The first-order valence-electron chi connectivity index (χ1n) is 6.14. The van der Waals surface area contributed by atoms with Gasteiger partial charge in [0.1, 0.15) is 0 Å². The van der Waals surface area contributed by atoms with Gasteiger partial charge >= 0.3 is 0 Å². The van der Waals surface area contributed by atoms with E-state index < -0.39 is 0 Å². The van der Waals surface area contributed by atoms with Crippen molar-refractivity contribution in [1.82, 2.24) is 0 Å². The summed E-state index contributed by atoms with van der Waals surface area (Å²) in [6.45, 7) is 11.6. The number of aliphatic hydroxyl groups is 6. The summed E-state index contributed by atoms with van der Waals surface area (Å²) in [5.41, 5.74) is 0. The Hall–Kier alpha value is -0.480. The minimum atomic E-state index is 0. The lowest BCUT2D eigenvalue weighted by Gasteiger charge is -1.52. The molecule has 0 aromatic heterocycles. The van der Waals surface area contributed by atoms with Crippen LogP contribution in [-0.4, -0.2) is 103 Å². The van der Waals surface area contributed by atoms with Gasteiger partial charge in [-0.3, -0.25) is 0 Å². The minimum absolute atomic E-state index is 0. The summed E-state index contributed by atoms with van der Waals surface area (Å²) >= 11 is 0. The fraction of sp³-hybridized carbons (Fsp3) is 1.00. The normalized spacial score (nSPS) is 0.837. The van der Waals surface area contributed by atoms with Crippen molar-refractivity contribution in [1.29, 1.82) is 0 Å². The largest absolute Gasteiger partial charge is 0.870 e. The predicted octanol–water partition coefficient (Wildman–Crippen LogP) is 65.7. The Morgan fingerprint density at radius 1 is 0.0620 bits per heavy atom. The van der Waals surface area contributed by atoms with Crippen molar-refractivity contribution in [2.75, 3.05) is 39.6 Å². The maximum Gasteiger partial charge on any atom is 0.0402 e. The van der Waals surface area contributed by atoms with Crippen molar-refractivity contribution in [3.63, 3.8) is 0 Å². The van der Waals surface area contributed by atoms with E-state index in [9.17, 15) is 0 Å². The third-order valence-corrected chi connectivity index (χ3v) is 0. The second-order valence-corrected chi connectivity index (χ2v) is 1.90. The summed E-state index contributed by atoms with van der Waals surface area (Å²) in [5.74, 6) is 0. The van der Waals surface area contributed by atoms with E-state index in [0.29, 0.717) is 0 Å². The first-order valence-corrected chi connectivity index (χ1v) is 6.14. The molecule has 0 heterocycles. The van der Waals surface area contributed by atoms with Gasteiger partial charge in [-0.25, -0.2) is 0 Å². The molecule has 0 spiro atoms. The molecular weight excluding hydrogens is 1600 g/mol. The van der Waals surface area contributed by atoms with Gasteiger partial charge in [-0.1, -0.05) is 780 Å². The van der Waals surface area contributed by atoms with Gasteiger partial charge in [0.25, 0.3) is 0 Å². The van der Waals surface area contributed by atoms with Crippen LogP contribution in [-0.2, 0) is 0 Å². The third kappa shape index (κ3) is 8720000. The molecule has 0 amide bonds. The van der Waals surface area contributed by atoms with Crippen LogP contribution < -0.4 is 0 Å². The lowest BCUT2D eigenvalue weighted by molar-refractivity contribution is 0.318. The Morgan fingerprint density at radius 2 is 0.0620 bits per heavy atom. The Kier molecular flexibility index (Phi) is 8180000. The first-order chi connectivity index (χ1) is 8.49. The smallest absolute Gasteiger partial charge is 0.0402 e. The van der Waals surface area contributed by atoms with E-state index in [1.807, 2.05) is 0 Å². The van der Waals surface area contributed by atoms with Crippen LogP contribution in [0.25, 0.3) is 0 Å². The van der Waals surface area contributed by atoms with Crippen molar-refractivity contribution in [2.45, 2.75) is 821 Å². The van der Waals surface area contributed by atoms with Crippen molar-refractivity contribution in [2.24, 2.45) is 0 Å². The van der Waals surface area contributed by atoms with Crippen molar-refractivity contribution in [3.05, 3.63) is 0 Å². The van der Waals surface area contributed by atoms with Crippen LogP contribution >= 0.6 is 0 Å². The third-order valence-electron chi connectivity index (χ3n) is 0. The zero-order valence-electron chi connectivity index (χ0n) is 15.6. The molecule has 0 radical (unpaired) electrons. The zero-order chi connectivity index (χ0) is 16.2. The van der Waals surface area contributed by atoms with Crippen LogP contribution in [0.2, 0.25) is 0 Å². The molecule has 0 saturated carbocycles. The van der Waals surface area contributed by atoms with E-state index in [4.69, 9.17) is 30.6 Å². The molecule has 0 rings (SSSR count). The Morgan fingerprint density at radius 3 is 0.0620 bits per heavy atom. The van der Waals surface area contributed by atoms with Crippen LogP contribution in [0, 0.1) is 0 Å². The molecule has 0 aliphatic carbocycles. The van der Waals surface area contributed by atoms with E-state index in [2.05, 4.69) is 0 Å². The molecule has 129 heavy (non-hydrogen) atoms. The summed E-state index contributed by atoms with van der Waals surface area (Å²) < 4.78 is 0. The summed E-state index contributed by atoms with van der Waals surface area (Å²) in [6.07, 6.45) is 0. The molecule has 0 aliphatic heterocycles. The van der Waals surface area contributed by atoms with Crippen molar-refractivity contribution in [3.8, 4) is 0 Å². The van der Waals surface area contributed by atoms with Crippen molar-refractivity contribution < 1.29 is 63.5 Å². The molecule has 0 bridgehead atoms. The summed E-state index contributed by atoms with van der Waals surface area (Å²) in [7, 11) is 0. The quantitative estimate of drug-likeness (QED) is 0.132. The molecule has 12 heteroatoms.